The minimum Gasteiger partial charge on any atom is -0.508 e. The summed E-state index contributed by atoms with van der Waals surface area (Å²) in [6.45, 7) is 11.2. The molecule has 128 valence electrons. The summed E-state index contributed by atoms with van der Waals surface area (Å²) in [5.41, 5.74) is 1.11. The van der Waals surface area contributed by atoms with Gasteiger partial charge in [-0.1, -0.05) is 37.3 Å². The molecular weight excluding hydrogens is 306 g/mol. The first-order valence-corrected chi connectivity index (χ1v) is 7.78. The van der Waals surface area contributed by atoms with E-state index in [1.165, 1.54) is 6.07 Å². The average molecular weight is 329 g/mol. The number of carbonyl (C=O) groups excluding carboxylic acids is 1. The highest BCUT2D eigenvalue weighted by atomic mass is 16.5. The molecule has 1 unspecified atom stereocenters. The van der Waals surface area contributed by atoms with Gasteiger partial charge in [-0.25, -0.2) is 4.79 Å². The van der Waals surface area contributed by atoms with Crippen LogP contribution >= 0.6 is 0 Å². The molecule has 1 atom stereocenters. The zero-order chi connectivity index (χ0) is 18.1. The van der Waals surface area contributed by atoms with Gasteiger partial charge in [-0.05, 0) is 36.6 Å². The molecule has 0 radical (unpaired) electrons. The molecule has 1 aromatic carbocycles. The Labute approximate surface area is 142 Å². The Bertz CT molecular complexity index is 662. The lowest BCUT2D eigenvalue weighted by Gasteiger charge is -2.15. The lowest BCUT2D eigenvalue weighted by molar-refractivity contribution is 0.0348. The predicted octanol–water partition coefficient (Wildman–Crippen LogP) is 4.98. The Morgan fingerprint density at radius 2 is 2.17 bits per heavy atom. The third kappa shape index (κ3) is 5.50. The summed E-state index contributed by atoms with van der Waals surface area (Å²) in [7, 11) is 0. The number of esters is 1. The molecule has 0 aliphatic rings. The number of hydrogen-bond acceptors (Lipinski definition) is 5. The van der Waals surface area contributed by atoms with E-state index in [2.05, 4.69) is 18.3 Å². The molecule has 0 bridgehead atoms. The fourth-order valence-electron chi connectivity index (χ4n) is 2.23. The smallest absolute Gasteiger partial charge is 0.341 e. The molecule has 0 fully saturated rings. The first kappa shape index (κ1) is 19.4. The standard InChI is InChI=1S/C19H23NO4/c1-5-7-9-13(3)10-15-11-16(21)12-17(20-23)18(15)19(22)24-14(4)8-6-2/h6-7,9,11-12,14,21H,2-3,5,8,10H2,1,4H3/b9-7+. The summed E-state index contributed by atoms with van der Waals surface area (Å²) in [4.78, 5) is 23.5. The zero-order valence-corrected chi connectivity index (χ0v) is 14.1. The van der Waals surface area contributed by atoms with Gasteiger partial charge in [0.15, 0.2) is 0 Å². The third-order valence-electron chi connectivity index (χ3n) is 3.30. The molecule has 24 heavy (non-hydrogen) atoms. The number of nitrogens with zero attached hydrogens (tertiary/aromatic N) is 1. The lowest BCUT2D eigenvalue weighted by atomic mass is 9.98. The topological polar surface area (TPSA) is 76.0 Å². The van der Waals surface area contributed by atoms with Gasteiger partial charge in [0.2, 0.25) is 0 Å². The number of ether oxygens (including phenoxy) is 1. The Kier molecular flexibility index (Phi) is 7.62. The Morgan fingerprint density at radius 1 is 1.46 bits per heavy atom. The highest BCUT2D eigenvalue weighted by Gasteiger charge is 2.22. The number of carbonyl (C=O) groups is 1. The molecule has 1 aromatic rings. The monoisotopic (exact) mass is 329 g/mol. The first-order valence-electron chi connectivity index (χ1n) is 7.78. The summed E-state index contributed by atoms with van der Waals surface area (Å²) in [5, 5.41) is 12.6. The maximum absolute atomic E-state index is 12.5. The van der Waals surface area contributed by atoms with E-state index in [0.717, 1.165) is 18.1 Å². The fraction of sp³-hybridized carbons (Fsp3) is 0.316. The Hall–Kier alpha value is -2.69. The highest BCUT2D eigenvalue weighted by molar-refractivity contribution is 5.97. The second-order valence-corrected chi connectivity index (χ2v) is 5.48. The van der Waals surface area contributed by atoms with E-state index in [9.17, 15) is 14.8 Å². The van der Waals surface area contributed by atoms with Crippen LogP contribution in [0.25, 0.3) is 0 Å². The quantitative estimate of drug-likeness (QED) is 0.300. The highest BCUT2D eigenvalue weighted by Crippen LogP contribution is 2.31. The van der Waals surface area contributed by atoms with Crippen molar-refractivity contribution in [3.63, 3.8) is 0 Å². The van der Waals surface area contributed by atoms with E-state index >= 15 is 0 Å². The van der Waals surface area contributed by atoms with Crippen molar-refractivity contribution in [1.82, 2.24) is 0 Å². The molecule has 0 spiro atoms. The number of rotatable bonds is 9. The van der Waals surface area contributed by atoms with E-state index in [-0.39, 0.29) is 23.1 Å². The molecule has 0 aliphatic heterocycles. The van der Waals surface area contributed by atoms with Crippen LogP contribution in [-0.2, 0) is 11.2 Å². The van der Waals surface area contributed by atoms with Crippen LogP contribution in [0.2, 0.25) is 0 Å². The first-order chi connectivity index (χ1) is 11.4. The summed E-state index contributed by atoms with van der Waals surface area (Å²) in [6.07, 6.45) is 6.70. The summed E-state index contributed by atoms with van der Waals surface area (Å²) < 4.78 is 5.32. The van der Waals surface area contributed by atoms with E-state index in [1.807, 2.05) is 19.1 Å². The molecule has 1 N–H and O–H groups in total. The number of phenolic OH excluding ortho intramolecular Hbond substituents is 1. The molecule has 0 heterocycles. The predicted molar refractivity (Wildman–Crippen MR) is 95.5 cm³/mol. The largest absolute Gasteiger partial charge is 0.508 e. The molecule has 5 heteroatoms. The van der Waals surface area contributed by atoms with Gasteiger partial charge in [0.1, 0.15) is 17.5 Å². The molecule has 5 nitrogen and oxygen atoms in total. The van der Waals surface area contributed by atoms with Crippen LogP contribution in [0.5, 0.6) is 5.75 Å². The summed E-state index contributed by atoms with van der Waals surface area (Å²) in [6, 6.07) is 2.57. The number of phenols is 1. The van der Waals surface area contributed by atoms with Gasteiger partial charge in [0.25, 0.3) is 0 Å². The van der Waals surface area contributed by atoms with Crippen LogP contribution in [0.4, 0.5) is 5.69 Å². The molecule has 0 amide bonds. The number of benzene rings is 1. The average Bonchev–Trinajstić information content (AvgIpc) is 2.52. The second kappa shape index (κ2) is 9.45. The van der Waals surface area contributed by atoms with Gasteiger partial charge in [-0.2, -0.15) is 0 Å². The number of nitroso groups, excluding NO2 is 1. The minimum absolute atomic E-state index is 0.0600. The van der Waals surface area contributed by atoms with Crippen molar-refractivity contribution in [3.05, 3.63) is 65.1 Å². The molecule has 0 aromatic heterocycles. The zero-order valence-electron chi connectivity index (χ0n) is 14.1. The van der Waals surface area contributed by atoms with E-state index in [1.54, 1.807) is 13.0 Å². The van der Waals surface area contributed by atoms with Crippen molar-refractivity contribution in [2.24, 2.45) is 5.18 Å². The van der Waals surface area contributed by atoms with Gasteiger partial charge in [-0.3, -0.25) is 0 Å². The van der Waals surface area contributed by atoms with Crippen LogP contribution in [0.3, 0.4) is 0 Å². The van der Waals surface area contributed by atoms with E-state index < -0.39 is 5.97 Å². The summed E-state index contributed by atoms with van der Waals surface area (Å²) >= 11 is 0. The number of aromatic hydroxyl groups is 1. The molecule has 0 aliphatic carbocycles. The second-order valence-electron chi connectivity index (χ2n) is 5.48. The molecule has 0 saturated carbocycles. The van der Waals surface area contributed by atoms with Crippen LogP contribution < -0.4 is 0 Å². The van der Waals surface area contributed by atoms with Crippen molar-refractivity contribution in [2.45, 2.75) is 39.2 Å². The van der Waals surface area contributed by atoms with Crippen molar-refractivity contribution in [3.8, 4) is 5.75 Å². The molecule has 0 saturated heterocycles. The normalized spacial score (nSPS) is 11.9. The third-order valence-corrected chi connectivity index (χ3v) is 3.30. The van der Waals surface area contributed by atoms with Gasteiger partial charge in [0.05, 0.1) is 5.56 Å². The SMILES string of the molecule is C=CCC(C)OC(=O)c1c(CC(=C)/C=C/CC)cc(O)cc1N=O. The number of hydrogen-bond donors (Lipinski definition) is 1. The summed E-state index contributed by atoms with van der Waals surface area (Å²) in [5.74, 6) is -0.788. The van der Waals surface area contributed by atoms with Crippen molar-refractivity contribution in [1.29, 1.82) is 0 Å². The minimum atomic E-state index is -0.652. The number of allylic oxidation sites excluding steroid dienone is 3. The maximum atomic E-state index is 12.5. The fourth-order valence-corrected chi connectivity index (χ4v) is 2.23. The van der Waals surface area contributed by atoms with Gasteiger partial charge in [-0.15, -0.1) is 11.5 Å². The van der Waals surface area contributed by atoms with E-state index in [0.29, 0.717) is 18.4 Å². The van der Waals surface area contributed by atoms with Crippen LogP contribution in [0.1, 0.15) is 42.6 Å². The maximum Gasteiger partial charge on any atom is 0.341 e. The van der Waals surface area contributed by atoms with Gasteiger partial charge >= 0.3 is 5.97 Å². The van der Waals surface area contributed by atoms with Crippen molar-refractivity contribution < 1.29 is 14.6 Å². The molecular formula is C19H23NO4. The van der Waals surface area contributed by atoms with Gasteiger partial charge < -0.3 is 9.84 Å². The van der Waals surface area contributed by atoms with Crippen LogP contribution in [0, 0.1) is 4.91 Å². The van der Waals surface area contributed by atoms with Crippen LogP contribution in [0.15, 0.2) is 54.3 Å². The van der Waals surface area contributed by atoms with E-state index in [4.69, 9.17) is 4.74 Å². The Morgan fingerprint density at radius 3 is 2.75 bits per heavy atom. The van der Waals surface area contributed by atoms with Crippen LogP contribution in [-0.4, -0.2) is 17.2 Å². The van der Waals surface area contributed by atoms with Crippen molar-refractivity contribution >= 4 is 11.7 Å². The van der Waals surface area contributed by atoms with Crippen molar-refractivity contribution in [2.75, 3.05) is 0 Å². The molecule has 1 rings (SSSR count). The Balaban J connectivity index is 3.21. The lowest BCUT2D eigenvalue weighted by Crippen LogP contribution is -2.16. The van der Waals surface area contributed by atoms with Gasteiger partial charge in [0, 0.05) is 12.5 Å².